The molecule has 2 rings (SSSR count). The molecule has 1 atom stereocenters. The van der Waals surface area contributed by atoms with Crippen LogP contribution in [0.5, 0.6) is 0 Å². The van der Waals surface area contributed by atoms with E-state index < -0.39 is 17.2 Å². The van der Waals surface area contributed by atoms with Crippen molar-refractivity contribution >= 4 is 11.6 Å². The highest BCUT2D eigenvalue weighted by Gasteiger charge is 2.40. The molecule has 4 nitrogen and oxygen atoms in total. The largest absolute Gasteiger partial charge is 0.394 e. The molecule has 0 saturated heterocycles. The molecule has 1 aliphatic rings. The van der Waals surface area contributed by atoms with Crippen molar-refractivity contribution in [3.05, 3.63) is 41.5 Å². The van der Waals surface area contributed by atoms with Crippen molar-refractivity contribution in [2.45, 2.75) is 12.5 Å². The van der Waals surface area contributed by atoms with Crippen LogP contribution in [0, 0.1) is 11.6 Å². The van der Waals surface area contributed by atoms with Crippen LogP contribution in [0.3, 0.4) is 0 Å². The fourth-order valence-corrected chi connectivity index (χ4v) is 2.41. The highest BCUT2D eigenvalue weighted by atomic mass is 19.1. The average molecular weight is 296 g/mol. The maximum atomic E-state index is 13.9. The van der Waals surface area contributed by atoms with Gasteiger partial charge in [0.2, 0.25) is 0 Å². The quantitative estimate of drug-likeness (QED) is 0.908. The first-order valence-corrected chi connectivity index (χ1v) is 6.55. The lowest BCUT2D eigenvalue weighted by Crippen LogP contribution is -2.51. The second kappa shape index (κ2) is 5.44. The Kier molecular flexibility index (Phi) is 4.00. The van der Waals surface area contributed by atoms with E-state index in [1.807, 2.05) is 0 Å². The third-order valence-electron chi connectivity index (χ3n) is 3.64. The number of halogens is 2. The first-order chi connectivity index (χ1) is 9.78. The van der Waals surface area contributed by atoms with E-state index in [-0.39, 0.29) is 24.7 Å². The Balaban J connectivity index is 2.42. The molecule has 0 aromatic heterocycles. The minimum Gasteiger partial charge on any atom is -0.394 e. The Bertz CT molecular complexity index is 601. The number of amides is 2. The van der Waals surface area contributed by atoms with Gasteiger partial charge in [0.05, 0.1) is 12.1 Å². The van der Waals surface area contributed by atoms with Gasteiger partial charge in [0.25, 0.3) is 0 Å². The number of carbonyl (C=O) groups is 1. The van der Waals surface area contributed by atoms with Crippen LogP contribution in [0.2, 0.25) is 0 Å². The molecule has 21 heavy (non-hydrogen) atoms. The number of carbonyl (C=O) groups excluding carboxylic acids is 1. The molecule has 0 radical (unpaired) electrons. The van der Waals surface area contributed by atoms with Crippen LogP contribution in [0.25, 0.3) is 5.57 Å². The lowest BCUT2D eigenvalue weighted by Gasteiger charge is -2.34. The van der Waals surface area contributed by atoms with E-state index in [1.54, 1.807) is 27.1 Å². The number of aliphatic hydroxyl groups excluding tert-OH is 1. The van der Waals surface area contributed by atoms with Gasteiger partial charge in [-0.05, 0) is 30.7 Å². The van der Waals surface area contributed by atoms with E-state index >= 15 is 0 Å². The van der Waals surface area contributed by atoms with E-state index in [0.29, 0.717) is 5.57 Å². The Morgan fingerprint density at radius 1 is 1.43 bits per heavy atom. The first-order valence-electron chi connectivity index (χ1n) is 6.55. The van der Waals surface area contributed by atoms with Gasteiger partial charge in [0, 0.05) is 26.2 Å². The molecule has 1 aliphatic heterocycles. The fraction of sp³-hybridized carbons (Fsp3) is 0.400. The molecule has 2 amide bonds. The molecule has 1 aromatic rings. The molecule has 0 bridgehead atoms. The zero-order chi connectivity index (χ0) is 15.8. The van der Waals surface area contributed by atoms with Gasteiger partial charge in [-0.2, -0.15) is 0 Å². The van der Waals surface area contributed by atoms with Gasteiger partial charge >= 0.3 is 6.03 Å². The molecular formula is C15H18F2N2O2. The van der Waals surface area contributed by atoms with E-state index in [4.69, 9.17) is 0 Å². The Hall–Kier alpha value is -1.95. The summed E-state index contributed by atoms with van der Waals surface area (Å²) in [5.74, 6) is -1.10. The molecule has 6 heteroatoms. The molecule has 0 aliphatic carbocycles. The minimum atomic E-state index is -0.935. The van der Waals surface area contributed by atoms with Gasteiger partial charge in [-0.15, -0.1) is 0 Å². The predicted octanol–water partition coefficient (Wildman–Crippen LogP) is 2.10. The summed E-state index contributed by atoms with van der Waals surface area (Å²) in [5, 5.41) is 9.59. The van der Waals surface area contributed by atoms with Gasteiger partial charge in [-0.1, -0.05) is 6.08 Å². The summed E-state index contributed by atoms with van der Waals surface area (Å²) in [4.78, 5) is 15.0. The van der Waals surface area contributed by atoms with Crippen molar-refractivity contribution < 1.29 is 18.7 Å². The lowest BCUT2D eigenvalue weighted by molar-refractivity contribution is 0.102. The van der Waals surface area contributed by atoms with Gasteiger partial charge in [0.1, 0.15) is 11.6 Å². The van der Waals surface area contributed by atoms with Crippen molar-refractivity contribution in [1.82, 2.24) is 9.80 Å². The lowest BCUT2D eigenvalue weighted by atomic mass is 10.0. The van der Waals surface area contributed by atoms with Crippen LogP contribution in [0.4, 0.5) is 13.6 Å². The maximum absolute atomic E-state index is 13.9. The first kappa shape index (κ1) is 15.4. The number of hydrogen-bond donors (Lipinski definition) is 1. The monoisotopic (exact) mass is 296 g/mol. The summed E-state index contributed by atoms with van der Waals surface area (Å²) in [6.07, 6.45) is 1.62. The van der Waals surface area contributed by atoms with Crippen molar-refractivity contribution in [3.8, 4) is 0 Å². The van der Waals surface area contributed by atoms with Crippen LogP contribution < -0.4 is 0 Å². The van der Waals surface area contributed by atoms with Crippen LogP contribution in [-0.2, 0) is 0 Å². The number of aliphatic hydroxyl groups is 1. The summed E-state index contributed by atoms with van der Waals surface area (Å²) >= 11 is 0. The Labute approximate surface area is 122 Å². The van der Waals surface area contributed by atoms with Crippen molar-refractivity contribution in [1.29, 1.82) is 0 Å². The minimum absolute atomic E-state index is 0.115. The third-order valence-corrected chi connectivity index (χ3v) is 3.64. The van der Waals surface area contributed by atoms with Crippen LogP contribution in [-0.4, -0.2) is 53.7 Å². The molecule has 1 aromatic carbocycles. The molecule has 1 heterocycles. The number of urea groups is 1. The standard InChI is InChI=1S/C15H18F2N2O2/c1-15(9-20)7-10(8-19(15)14(21)18(2)3)12-6-11(16)4-5-13(12)17/h4-7,20H,8-9H2,1-3H3/t15-/m1/s1. The Morgan fingerprint density at radius 3 is 2.67 bits per heavy atom. The van der Waals surface area contributed by atoms with Gasteiger partial charge in [-0.25, -0.2) is 13.6 Å². The summed E-state index contributed by atoms with van der Waals surface area (Å²) < 4.78 is 27.2. The molecule has 1 N–H and O–H groups in total. The zero-order valence-electron chi connectivity index (χ0n) is 12.2. The molecule has 0 spiro atoms. The number of hydrogen-bond acceptors (Lipinski definition) is 2. The van der Waals surface area contributed by atoms with E-state index in [0.717, 1.165) is 18.2 Å². The van der Waals surface area contributed by atoms with Crippen LogP contribution in [0.1, 0.15) is 12.5 Å². The Morgan fingerprint density at radius 2 is 2.10 bits per heavy atom. The molecular weight excluding hydrogens is 278 g/mol. The molecule has 114 valence electrons. The smallest absolute Gasteiger partial charge is 0.320 e. The molecule has 0 unspecified atom stereocenters. The summed E-state index contributed by atoms with van der Waals surface area (Å²) in [6.45, 7) is 1.50. The normalized spacial score (nSPS) is 21.4. The predicted molar refractivity (Wildman–Crippen MR) is 75.6 cm³/mol. The van der Waals surface area contributed by atoms with Crippen LogP contribution >= 0.6 is 0 Å². The molecule has 0 fully saturated rings. The number of rotatable bonds is 2. The van der Waals surface area contributed by atoms with Gasteiger partial charge < -0.3 is 14.9 Å². The third kappa shape index (κ3) is 2.76. The summed E-state index contributed by atoms with van der Waals surface area (Å²) in [7, 11) is 3.20. The number of benzene rings is 1. The average Bonchev–Trinajstić information content (AvgIpc) is 2.79. The number of nitrogens with zero attached hydrogens (tertiary/aromatic N) is 2. The highest BCUT2D eigenvalue weighted by molar-refractivity contribution is 5.82. The maximum Gasteiger partial charge on any atom is 0.320 e. The second-order valence-electron chi connectivity index (χ2n) is 5.57. The van der Waals surface area contributed by atoms with Crippen molar-refractivity contribution in [2.75, 3.05) is 27.2 Å². The van der Waals surface area contributed by atoms with E-state index in [2.05, 4.69) is 0 Å². The zero-order valence-corrected chi connectivity index (χ0v) is 12.2. The SMILES string of the molecule is CN(C)C(=O)N1CC(c2cc(F)ccc2F)=C[C@]1(C)CO. The van der Waals surface area contributed by atoms with Gasteiger partial charge in [-0.3, -0.25) is 0 Å². The topological polar surface area (TPSA) is 43.8 Å². The van der Waals surface area contributed by atoms with Gasteiger partial charge in [0.15, 0.2) is 0 Å². The molecule has 0 saturated carbocycles. The summed E-state index contributed by atoms with van der Waals surface area (Å²) in [6, 6.07) is 2.90. The van der Waals surface area contributed by atoms with Crippen molar-refractivity contribution in [3.63, 3.8) is 0 Å². The van der Waals surface area contributed by atoms with E-state index in [9.17, 15) is 18.7 Å². The van der Waals surface area contributed by atoms with Crippen molar-refractivity contribution in [2.24, 2.45) is 0 Å². The van der Waals surface area contributed by atoms with E-state index in [1.165, 1.54) is 9.80 Å². The highest BCUT2D eigenvalue weighted by Crippen LogP contribution is 2.34. The van der Waals surface area contributed by atoms with Crippen LogP contribution in [0.15, 0.2) is 24.3 Å². The second-order valence-corrected chi connectivity index (χ2v) is 5.57. The summed E-state index contributed by atoms with van der Waals surface area (Å²) in [5.41, 5.74) is -0.336. The fourth-order valence-electron chi connectivity index (χ4n) is 2.41.